The van der Waals surface area contributed by atoms with Crippen LogP contribution in [-0.2, 0) is 11.3 Å². The largest absolute Gasteiger partial charge is 0.465 e. The van der Waals surface area contributed by atoms with Gasteiger partial charge in [0.05, 0.1) is 25.5 Å². The molecule has 0 saturated carbocycles. The van der Waals surface area contributed by atoms with Gasteiger partial charge in [-0.3, -0.25) is 14.2 Å². The Bertz CT molecular complexity index is 1640. The summed E-state index contributed by atoms with van der Waals surface area (Å²) in [5.41, 5.74) is 4.14. The molecule has 0 amide bonds. The molecule has 0 N–H and O–H groups in total. The zero-order chi connectivity index (χ0) is 24.0. The number of aromatic nitrogens is 3. The summed E-state index contributed by atoms with van der Waals surface area (Å²) in [4.78, 5) is 42.3. The molecule has 5 rings (SSSR count). The summed E-state index contributed by atoms with van der Waals surface area (Å²) in [5.74, 6) is -0.631. The number of fused-ring (bicyclic) bond motifs is 3. The van der Waals surface area contributed by atoms with Crippen molar-refractivity contribution in [3.8, 4) is 5.69 Å². The minimum absolute atomic E-state index is 0.132. The Balaban J connectivity index is 1.47. The van der Waals surface area contributed by atoms with Crippen LogP contribution < -0.4 is 5.56 Å². The van der Waals surface area contributed by atoms with E-state index in [1.54, 1.807) is 36.4 Å². The van der Waals surface area contributed by atoms with Gasteiger partial charge < -0.3 is 13.7 Å². The van der Waals surface area contributed by atoms with Crippen molar-refractivity contribution in [2.75, 3.05) is 7.11 Å². The molecule has 0 fully saturated rings. The van der Waals surface area contributed by atoms with Gasteiger partial charge in [0.1, 0.15) is 11.1 Å². The molecular weight excluding hydrogens is 434 g/mol. The summed E-state index contributed by atoms with van der Waals surface area (Å²) < 4.78 is 13.6. The molecule has 8 nitrogen and oxygen atoms in total. The molecule has 0 aliphatic heterocycles. The third-order valence-electron chi connectivity index (χ3n) is 5.94. The number of ether oxygens (including phenoxy) is 1. The van der Waals surface area contributed by atoms with Gasteiger partial charge in [-0.1, -0.05) is 12.1 Å². The van der Waals surface area contributed by atoms with Crippen LogP contribution in [0.4, 0.5) is 0 Å². The van der Waals surface area contributed by atoms with Crippen LogP contribution in [0.2, 0.25) is 0 Å². The SMILES string of the molecule is COC(=O)c1ccc(-n2c(C)cc(C(=O)Cn3cnc4c(oc5ccccc54)c3=O)c2C)cc1. The molecule has 0 aliphatic rings. The van der Waals surface area contributed by atoms with E-state index in [4.69, 9.17) is 9.15 Å². The predicted octanol–water partition coefficient (Wildman–Crippen LogP) is 4.22. The average molecular weight is 455 g/mol. The van der Waals surface area contributed by atoms with Crippen LogP contribution in [0, 0.1) is 13.8 Å². The Morgan fingerprint density at radius 3 is 2.53 bits per heavy atom. The van der Waals surface area contributed by atoms with E-state index >= 15 is 0 Å². The first kappa shape index (κ1) is 21.4. The molecule has 0 spiro atoms. The Kier molecular flexibility index (Phi) is 5.13. The molecule has 170 valence electrons. The number of rotatable bonds is 5. The van der Waals surface area contributed by atoms with E-state index in [0.717, 1.165) is 22.5 Å². The molecule has 0 unspecified atom stereocenters. The fourth-order valence-corrected chi connectivity index (χ4v) is 4.27. The van der Waals surface area contributed by atoms with Crippen molar-refractivity contribution in [3.63, 3.8) is 0 Å². The van der Waals surface area contributed by atoms with E-state index in [9.17, 15) is 14.4 Å². The van der Waals surface area contributed by atoms with Crippen LogP contribution in [0.15, 0.2) is 70.1 Å². The number of hydrogen-bond donors (Lipinski definition) is 0. The molecule has 8 heteroatoms. The van der Waals surface area contributed by atoms with Crippen LogP contribution >= 0.6 is 0 Å². The minimum atomic E-state index is -0.413. The van der Waals surface area contributed by atoms with Gasteiger partial charge in [-0.2, -0.15) is 0 Å². The molecule has 0 atom stereocenters. The molecule has 0 radical (unpaired) electrons. The normalized spacial score (nSPS) is 11.3. The summed E-state index contributed by atoms with van der Waals surface area (Å²) in [5, 5.41) is 0.759. The summed E-state index contributed by atoms with van der Waals surface area (Å²) >= 11 is 0. The van der Waals surface area contributed by atoms with Crippen molar-refractivity contribution < 1.29 is 18.7 Å². The van der Waals surface area contributed by atoms with Crippen LogP contribution in [0.1, 0.15) is 32.1 Å². The van der Waals surface area contributed by atoms with Crippen molar-refractivity contribution in [1.82, 2.24) is 14.1 Å². The van der Waals surface area contributed by atoms with E-state index in [0.29, 0.717) is 22.2 Å². The number of para-hydroxylation sites is 1. The monoisotopic (exact) mass is 455 g/mol. The van der Waals surface area contributed by atoms with E-state index in [2.05, 4.69) is 4.98 Å². The van der Waals surface area contributed by atoms with Crippen molar-refractivity contribution in [2.24, 2.45) is 0 Å². The van der Waals surface area contributed by atoms with Crippen molar-refractivity contribution in [2.45, 2.75) is 20.4 Å². The molecule has 2 aromatic carbocycles. The maximum atomic E-state index is 13.2. The molecule has 3 heterocycles. The van der Waals surface area contributed by atoms with Crippen molar-refractivity contribution >= 4 is 33.8 Å². The molecular formula is C26H21N3O5. The lowest BCUT2D eigenvalue weighted by atomic mass is 10.1. The number of benzene rings is 2. The zero-order valence-electron chi connectivity index (χ0n) is 18.9. The summed E-state index contributed by atoms with van der Waals surface area (Å²) in [7, 11) is 1.33. The Morgan fingerprint density at radius 1 is 1.06 bits per heavy atom. The zero-order valence-corrected chi connectivity index (χ0v) is 18.9. The predicted molar refractivity (Wildman–Crippen MR) is 127 cm³/mol. The molecule has 0 aliphatic carbocycles. The molecule has 5 aromatic rings. The number of aryl methyl sites for hydroxylation is 1. The molecule has 3 aromatic heterocycles. The first-order chi connectivity index (χ1) is 16.4. The van der Waals surface area contributed by atoms with E-state index in [1.807, 2.05) is 36.6 Å². The van der Waals surface area contributed by atoms with Gasteiger partial charge in [0.15, 0.2) is 5.78 Å². The summed E-state index contributed by atoms with van der Waals surface area (Å²) in [6.45, 7) is 3.58. The molecule has 34 heavy (non-hydrogen) atoms. The quantitative estimate of drug-likeness (QED) is 0.291. The van der Waals surface area contributed by atoms with Crippen LogP contribution in [0.5, 0.6) is 0 Å². The highest BCUT2D eigenvalue weighted by atomic mass is 16.5. The third-order valence-corrected chi connectivity index (χ3v) is 5.94. The van der Waals surface area contributed by atoms with E-state index < -0.39 is 11.5 Å². The second-order valence-corrected chi connectivity index (χ2v) is 8.04. The van der Waals surface area contributed by atoms with Gasteiger partial charge >= 0.3 is 5.97 Å². The highest BCUT2D eigenvalue weighted by Crippen LogP contribution is 2.25. The number of furan rings is 1. The van der Waals surface area contributed by atoms with Crippen molar-refractivity contribution in [3.05, 3.63) is 93.8 Å². The number of carbonyl (C=O) groups excluding carboxylic acids is 2. The van der Waals surface area contributed by atoms with Gasteiger partial charge in [0, 0.05) is 28.0 Å². The summed E-state index contributed by atoms with van der Waals surface area (Å²) in [6.07, 6.45) is 1.38. The number of nitrogens with zero attached hydrogens (tertiary/aromatic N) is 3. The average Bonchev–Trinajstić information content (AvgIpc) is 3.37. The lowest BCUT2D eigenvalue weighted by Crippen LogP contribution is -2.24. The smallest absolute Gasteiger partial charge is 0.337 e. The summed E-state index contributed by atoms with van der Waals surface area (Å²) in [6, 6.07) is 16.0. The standard InChI is InChI=1S/C26H21N3O5/c1-15-12-20(16(2)29(15)18-10-8-17(9-11-18)26(32)33-3)21(30)13-28-14-27-23-19-6-4-5-7-22(19)34-24(23)25(28)31/h4-12,14H,13H2,1-3H3. The Labute approximate surface area is 194 Å². The first-order valence-corrected chi connectivity index (χ1v) is 10.7. The lowest BCUT2D eigenvalue weighted by molar-refractivity contribution is 0.0600. The van der Waals surface area contributed by atoms with Gasteiger partial charge in [0.2, 0.25) is 5.58 Å². The number of Topliss-reactive ketones (excluding diaryl/α,β-unsaturated/α-hetero) is 1. The third kappa shape index (κ3) is 3.40. The van der Waals surface area contributed by atoms with Crippen LogP contribution in [0.3, 0.4) is 0 Å². The maximum Gasteiger partial charge on any atom is 0.337 e. The first-order valence-electron chi connectivity index (χ1n) is 10.7. The fraction of sp³-hybridized carbons (Fsp3) is 0.154. The number of esters is 1. The number of carbonyl (C=O) groups is 2. The van der Waals surface area contributed by atoms with Gasteiger partial charge in [-0.15, -0.1) is 0 Å². The highest BCUT2D eigenvalue weighted by Gasteiger charge is 2.20. The number of ketones is 1. The number of methoxy groups -OCH3 is 1. The van der Waals surface area contributed by atoms with E-state index in [-0.39, 0.29) is 17.9 Å². The lowest BCUT2D eigenvalue weighted by Gasteiger charge is -2.11. The van der Waals surface area contributed by atoms with E-state index in [1.165, 1.54) is 18.0 Å². The Hall–Kier alpha value is -4.46. The van der Waals surface area contributed by atoms with Gasteiger partial charge in [-0.25, -0.2) is 9.78 Å². The van der Waals surface area contributed by atoms with Crippen LogP contribution in [0.25, 0.3) is 27.8 Å². The maximum absolute atomic E-state index is 13.2. The highest BCUT2D eigenvalue weighted by molar-refractivity contribution is 6.02. The van der Waals surface area contributed by atoms with Gasteiger partial charge in [-0.05, 0) is 56.3 Å². The minimum Gasteiger partial charge on any atom is -0.465 e. The Morgan fingerprint density at radius 2 is 1.79 bits per heavy atom. The second-order valence-electron chi connectivity index (χ2n) is 8.04. The topological polar surface area (TPSA) is 96.3 Å². The van der Waals surface area contributed by atoms with Crippen LogP contribution in [-0.4, -0.2) is 33.0 Å². The van der Waals surface area contributed by atoms with Gasteiger partial charge in [0.25, 0.3) is 5.56 Å². The van der Waals surface area contributed by atoms with Crippen molar-refractivity contribution in [1.29, 1.82) is 0 Å². The fourth-order valence-electron chi connectivity index (χ4n) is 4.27. The second kappa shape index (κ2) is 8.15. The molecule has 0 bridgehead atoms. The number of hydrogen-bond acceptors (Lipinski definition) is 6. The molecule has 0 saturated heterocycles.